The molecule has 0 saturated carbocycles. The van der Waals surface area contributed by atoms with Crippen molar-refractivity contribution < 1.29 is 9.59 Å². The molecule has 116 valence electrons. The lowest BCUT2D eigenvalue weighted by Gasteiger charge is -2.08. The summed E-state index contributed by atoms with van der Waals surface area (Å²) in [6.07, 6.45) is 0. The number of nitrogens with one attached hydrogen (secondary N) is 2. The molecule has 0 aliphatic rings. The monoisotopic (exact) mass is 321 g/mol. The zero-order valence-corrected chi connectivity index (χ0v) is 12.9. The minimum Gasteiger partial charge on any atom is -0.318 e. The van der Waals surface area contributed by atoms with Gasteiger partial charge >= 0.3 is 0 Å². The molecule has 0 fully saturated rings. The number of hydrazine groups is 1. The fourth-order valence-electron chi connectivity index (χ4n) is 2.05. The van der Waals surface area contributed by atoms with Crippen molar-refractivity contribution in [2.75, 3.05) is 5.32 Å². The minimum atomic E-state index is -0.520. The summed E-state index contributed by atoms with van der Waals surface area (Å²) < 4.78 is 1.48. The van der Waals surface area contributed by atoms with Crippen molar-refractivity contribution >= 4 is 29.1 Å². The van der Waals surface area contributed by atoms with E-state index in [4.69, 9.17) is 17.4 Å². The number of hydrogen-bond donors (Lipinski definition) is 3. The average Bonchev–Trinajstić information content (AvgIpc) is 2.83. The van der Waals surface area contributed by atoms with Gasteiger partial charge in [0, 0.05) is 17.1 Å². The van der Waals surface area contributed by atoms with Crippen LogP contribution in [0.15, 0.2) is 24.3 Å². The van der Waals surface area contributed by atoms with Crippen molar-refractivity contribution in [2.45, 2.75) is 20.4 Å². The lowest BCUT2D eigenvalue weighted by atomic mass is 10.2. The van der Waals surface area contributed by atoms with Crippen LogP contribution in [0, 0.1) is 6.92 Å². The van der Waals surface area contributed by atoms with Crippen molar-refractivity contribution in [2.24, 2.45) is 5.84 Å². The summed E-state index contributed by atoms with van der Waals surface area (Å²) in [6.45, 7) is 4.02. The Morgan fingerprint density at radius 2 is 1.91 bits per heavy atom. The van der Waals surface area contributed by atoms with Crippen LogP contribution in [0.3, 0.4) is 0 Å². The number of aryl methyl sites for hydroxylation is 2. The molecule has 4 N–H and O–H groups in total. The van der Waals surface area contributed by atoms with Gasteiger partial charge in [-0.05, 0) is 38.1 Å². The molecule has 0 radical (unpaired) electrons. The molecule has 2 aromatic rings. The topological polar surface area (TPSA) is 102 Å². The molecule has 7 nitrogen and oxygen atoms in total. The Kier molecular flexibility index (Phi) is 4.79. The zero-order chi connectivity index (χ0) is 16.3. The highest BCUT2D eigenvalue weighted by molar-refractivity contribution is 6.30. The number of halogens is 1. The zero-order valence-electron chi connectivity index (χ0n) is 12.2. The van der Waals surface area contributed by atoms with Gasteiger partial charge in [0.15, 0.2) is 5.69 Å². The molecule has 0 bridgehead atoms. The average molecular weight is 322 g/mol. The number of benzene rings is 1. The van der Waals surface area contributed by atoms with Gasteiger partial charge in [0.1, 0.15) is 0 Å². The molecule has 0 saturated heterocycles. The number of nitrogens with two attached hydrogens (primary N) is 1. The molecular formula is C14H16ClN5O2. The number of anilines is 1. The predicted molar refractivity (Wildman–Crippen MR) is 83.7 cm³/mol. The first kappa shape index (κ1) is 16.0. The van der Waals surface area contributed by atoms with E-state index in [0.717, 1.165) is 0 Å². The van der Waals surface area contributed by atoms with E-state index in [0.29, 0.717) is 28.5 Å². The second-order valence-electron chi connectivity index (χ2n) is 4.56. The van der Waals surface area contributed by atoms with E-state index < -0.39 is 5.91 Å². The van der Waals surface area contributed by atoms with Gasteiger partial charge in [0.05, 0.1) is 11.4 Å². The molecule has 2 rings (SSSR count). The fourth-order valence-corrected chi connectivity index (χ4v) is 2.17. The maximum Gasteiger partial charge on any atom is 0.285 e. The largest absolute Gasteiger partial charge is 0.318 e. The quantitative estimate of drug-likeness (QED) is 0.453. The molecule has 1 heterocycles. The number of carbonyl (C=O) groups is 2. The first-order valence-corrected chi connectivity index (χ1v) is 7.01. The third-order valence-electron chi connectivity index (χ3n) is 3.12. The van der Waals surface area contributed by atoms with Crippen LogP contribution in [0.4, 0.5) is 5.69 Å². The van der Waals surface area contributed by atoms with Crippen molar-refractivity contribution in [1.29, 1.82) is 0 Å². The van der Waals surface area contributed by atoms with Gasteiger partial charge in [-0.15, -0.1) is 0 Å². The third-order valence-corrected chi connectivity index (χ3v) is 3.37. The predicted octanol–water partition coefficient (Wildman–Crippen LogP) is 1.72. The first-order valence-electron chi connectivity index (χ1n) is 6.63. The number of hydrogen-bond acceptors (Lipinski definition) is 4. The molecule has 0 aliphatic carbocycles. The van der Waals surface area contributed by atoms with Crippen LogP contribution in [0.2, 0.25) is 5.02 Å². The van der Waals surface area contributed by atoms with Crippen LogP contribution in [-0.4, -0.2) is 21.6 Å². The molecule has 0 spiro atoms. The van der Waals surface area contributed by atoms with E-state index in [1.54, 1.807) is 31.2 Å². The van der Waals surface area contributed by atoms with E-state index in [9.17, 15) is 9.59 Å². The summed E-state index contributed by atoms with van der Waals surface area (Å²) in [6, 6.07) is 6.43. The van der Waals surface area contributed by atoms with Gasteiger partial charge in [-0.3, -0.25) is 19.7 Å². The molecule has 2 amide bonds. The summed E-state index contributed by atoms with van der Waals surface area (Å²) >= 11 is 5.80. The SMILES string of the molecule is CCn1nc(C)c(NC(=O)c2ccc(Cl)cc2)c1C(=O)NN. The molecular weight excluding hydrogens is 306 g/mol. The fraction of sp³-hybridized carbons (Fsp3) is 0.214. The Hall–Kier alpha value is -2.38. The Balaban J connectivity index is 2.36. The molecule has 0 unspecified atom stereocenters. The summed E-state index contributed by atoms with van der Waals surface area (Å²) in [5, 5.41) is 7.46. The van der Waals surface area contributed by atoms with E-state index in [-0.39, 0.29) is 11.6 Å². The van der Waals surface area contributed by atoms with Crippen LogP contribution in [0.1, 0.15) is 33.5 Å². The number of nitrogens with zero attached hydrogens (tertiary/aromatic N) is 2. The van der Waals surface area contributed by atoms with Crippen molar-refractivity contribution in [1.82, 2.24) is 15.2 Å². The van der Waals surface area contributed by atoms with Gasteiger partial charge in [-0.2, -0.15) is 5.10 Å². The van der Waals surface area contributed by atoms with Gasteiger partial charge < -0.3 is 5.32 Å². The van der Waals surface area contributed by atoms with Gasteiger partial charge in [0.25, 0.3) is 11.8 Å². The lowest BCUT2D eigenvalue weighted by molar-refractivity contribution is 0.0944. The van der Waals surface area contributed by atoms with E-state index in [2.05, 4.69) is 15.8 Å². The van der Waals surface area contributed by atoms with Crippen LogP contribution in [0.25, 0.3) is 0 Å². The normalized spacial score (nSPS) is 10.4. The number of carbonyl (C=O) groups excluding carboxylic acids is 2. The number of nitrogen functional groups attached to an aromatic ring is 1. The molecule has 0 aliphatic heterocycles. The van der Waals surface area contributed by atoms with E-state index >= 15 is 0 Å². The highest BCUT2D eigenvalue weighted by Gasteiger charge is 2.22. The second kappa shape index (κ2) is 6.59. The van der Waals surface area contributed by atoms with Crippen LogP contribution in [-0.2, 0) is 6.54 Å². The molecule has 0 atom stereocenters. The van der Waals surface area contributed by atoms with Gasteiger partial charge in [-0.25, -0.2) is 5.84 Å². The Labute approximate surface area is 132 Å². The summed E-state index contributed by atoms with van der Waals surface area (Å²) in [7, 11) is 0. The highest BCUT2D eigenvalue weighted by atomic mass is 35.5. The van der Waals surface area contributed by atoms with Crippen LogP contribution >= 0.6 is 11.6 Å². The number of aromatic nitrogens is 2. The molecule has 1 aromatic heterocycles. The minimum absolute atomic E-state index is 0.213. The maximum absolute atomic E-state index is 12.3. The smallest absolute Gasteiger partial charge is 0.285 e. The third kappa shape index (κ3) is 3.10. The molecule has 22 heavy (non-hydrogen) atoms. The van der Waals surface area contributed by atoms with Crippen molar-refractivity contribution in [3.8, 4) is 0 Å². The van der Waals surface area contributed by atoms with Gasteiger partial charge in [0.2, 0.25) is 0 Å². The Morgan fingerprint density at radius 1 is 1.27 bits per heavy atom. The van der Waals surface area contributed by atoms with Crippen LogP contribution < -0.4 is 16.6 Å². The van der Waals surface area contributed by atoms with Crippen LogP contribution in [0.5, 0.6) is 0 Å². The molecule has 8 heteroatoms. The van der Waals surface area contributed by atoms with Crippen molar-refractivity contribution in [3.63, 3.8) is 0 Å². The Morgan fingerprint density at radius 3 is 2.45 bits per heavy atom. The van der Waals surface area contributed by atoms with Gasteiger partial charge in [-0.1, -0.05) is 11.6 Å². The Bertz CT molecular complexity index is 709. The summed E-state index contributed by atoms with van der Waals surface area (Å²) in [4.78, 5) is 24.2. The number of amides is 2. The standard InChI is InChI=1S/C14H16ClN5O2/c1-3-20-12(14(22)18-16)11(8(2)19-20)17-13(21)9-4-6-10(15)7-5-9/h4-7H,3,16H2,1-2H3,(H,17,21)(H,18,22). The summed E-state index contributed by atoms with van der Waals surface area (Å²) in [5.41, 5.74) is 3.57. The maximum atomic E-state index is 12.3. The van der Waals surface area contributed by atoms with E-state index in [1.807, 2.05) is 6.92 Å². The van der Waals surface area contributed by atoms with E-state index in [1.165, 1.54) is 4.68 Å². The summed E-state index contributed by atoms with van der Waals surface area (Å²) in [5.74, 6) is 4.32. The molecule has 1 aromatic carbocycles. The first-order chi connectivity index (χ1) is 10.5. The highest BCUT2D eigenvalue weighted by Crippen LogP contribution is 2.21. The number of rotatable bonds is 4. The lowest BCUT2D eigenvalue weighted by Crippen LogP contribution is -2.33. The second-order valence-corrected chi connectivity index (χ2v) is 5.00. The van der Waals surface area contributed by atoms with Crippen molar-refractivity contribution in [3.05, 3.63) is 46.2 Å².